The van der Waals surface area contributed by atoms with Gasteiger partial charge in [0.2, 0.25) is 0 Å². The molecule has 17 heavy (non-hydrogen) atoms. The zero-order valence-corrected chi connectivity index (χ0v) is 8.63. The van der Waals surface area contributed by atoms with Gasteiger partial charge in [0.25, 0.3) is 0 Å². The zero-order valence-electron chi connectivity index (χ0n) is 8.63. The highest BCUT2D eigenvalue weighted by molar-refractivity contribution is 5.36. The molecule has 0 N–H and O–H groups in total. The number of halogens is 4. The molecule has 0 amide bonds. The molecule has 0 unspecified atom stereocenters. The van der Waals surface area contributed by atoms with Crippen LogP contribution in [-0.2, 0) is 10.4 Å². The lowest BCUT2D eigenvalue weighted by molar-refractivity contribution is -0.156. The number of nitrogens with zero attached hydrogens (tertiary/aromatic N) is 1. The van der Waals surface area contributed by atoms with E-state index in [1.165, 1.54) is 12.3 Å². The molecule has 2 heterocycles. The molecule has 0 aliphatic carbocycles. The van der Waals surface area contributed by atoms with Crippen molar-refractivity contribution in [2.75, 3.05) is 19.8 Å². The zero-order chi connectivity index (χ0) is 12.5. The van der Waals surface area contributed by atoms with Gasteiger partial charge < -0.3 is 9.47 Å². The van der Waals surface area contributed by atoms with Crippen molar-refractivity contribution in [1.29, 1.82) is 0 Å². The second kappa shape index (κ2) is 4.14. The van der Waals surface area contributed by atoms with Crippen LogP contribution in [0.2, 0.25) is 0 Å². The Kier molecular flexibility index (Phi) is 2.94. The highest BCUT2D eigenvalue weighted by Gasteiger charge is 2.43. The quantitative estimate of drug-likeness (QED) is 0.772. The van der Waals surface area contributed by atoms with E-state index >= 15 is 0 Å². The first-order valence-corrected chi connectivity index (χ1v) is 4.81. The van der Waals surface area contributed by atoms with Gasteiger partial charge in [-0.15, -0.1) is 0 Å². The van der Waals surface area contributed by atoms with E-state index in [-0.39, 0.29) is 24.5 Å². The fourth-order valence-corrected chi connectivity index (χ4v) is 1.44. The van der Waals surface area contributed by atoms with Crippen molar-refractivity contribution in [3.05, 3.63) is 24.0 Å². The lowest BCUT2D eigenvalue weighted by atomic mass is 9.95. The highest BCUT2D eigenvalue weighted by atomic mass is 19.4. The lowest BCUT2D eigenvalue weighted by Gasteiger charge is -2.34. The van der Waals surface area contributed by atoms with Gasteiger partial charge in [-0.25, -0.2) is 4.39 Å². The van der Waals surface area contributed by atoms with Crippen LogP contribution in [0, 0.1) is 0 Å². The molecule has 94 valence electrons. The van der Waals surface area contributed by atoms with E-state index in [1.54, 1.807) is 0 Å². The summed E-state index contributed by atoms with van der Waals surface area (Å²) >= 11 is 0. The first kappa shape index (κ1) is 12.1. The van der Waals surface area contributed by atoms with E-state index in [4.69, 9.17) is 4.74 Å². The lowest BCUT2D eigenvalue weighted by Crippen LogP contribution is -2.43. The van der Waals surface area contributed by atoms with Gasteiger partial charge in [-0.3, -0.25) is 4.98 Å². The molecule has 0 atom stereocenters. The maximum Gasteiger partial charge on any atom is 0.422 e. The summed E-state index contributed by atoms with van der Waals surface area (Å²) in [6, 6.07) is 1.21. The van der Waals surface area contributed by atoms with Crippen molar-refractivity contribution < 1.29 is 27.0 Å². The van der Waals surface area contributed by atoms with Crippen molar-refractivity contribution >= 4 is 0 Å². The molecule has 0 bridgehead atoms. The molecule has 7 heteroatoms. The average Bonchev–Trinajstić information content (AvgIpc) is 2.22. The van der Waals surface area contributed by atoms with Crippen LogP contribution in [0.15, 0.2) is 18.5 Å². The van der Waals surface area contributed by atoms with Gasteiger partial charge in [-0.05, 0) is 6.07 Å². The third-order valence-corrected chi connectivity index (χ3v) is 2.32. The minimum absolute atomic E-state index is 0.00417. The predicted octanol–water partition coefficient (Wildman–Crippen LogP) is 2.22. The monoisotopic (exact) mass is 251 g/mol. The van der Waals surface area contributed by atoms with Gasteiger partial charge in [-0.1, -0.05) is 0 Å². The van der Waals surface area contributed by atoms with Crippen LogP contribution in [0.4, 0.5) is 17.6 Å². The molecule has 2 rings (SSSR count). The Labute approximate surface area is 94.4 Å². The van der Waals surface area contributed by atoms with Gasteiger partial charge in [0.05, 0.1) is 18.8 Å². The number of rotatable bonds is 3. The fourth-order valence-electron chi connectivity index (χ4n) is 1.44. The Morgan fingerprint density at radius 2 is 2.12 bits per heavy atom. The molecule has 0 saturated carbocycles. The van der Waals surface area contributed by atoms with Gasteiger partial charge >= 0.3 is 6.18 Å². The first-order valence-electron chi connectivity index (χ1n) is 4.81. The smallest absolute Gasteiger partial charge is 0.422 e. The normalized spacial score (nSPS) is 18.6. The van der Waals surface area contributed by atoms with Crippen LogP contribution in [-0.4, -0.2) is 31.0 Å². The van der Waals surface area contributed by atoms with Gasteiger partial charge in [0, 0.05) is 12.4 Å². The molecule has 1 fully saturated rings. The maximum atomic E-state index is 14.0. The van der Waals surface area contributed by atoms with Gasteiger partial charge in [0.15, 0.2) is 12.3 Å². The molecular formula is C10H9F4NO2. The topological polar surface area (TPSA) is 31.4 Å². The number of hydrogen-bond donors (Lipinski definition) is 0. The summed E-state index contributed by atoms with van der Waals surface area (Å²) < 4.78 is 59.3. The van der Waals surface area contributed by atoms with Crippen molar-refractivity contribution in [2.45, 2.75) is 11.8 Å². The molecule has 1 aromatic heterocycles. The van der Waals surface area contributed by atoms with Crippen molar-refractivity contribution in [3.8, 4) is 5.75 Å². The van der Waals surface area contributed by atoms with Crippen LogP contribution in [0.25, 0.3) is 0 Å². The number of ether oxygens (including phenoxy) is 2. The summed E-state index contributed by atoms with van der Waals surface area (Å²) in [5, 5.41) is 0. The van der Waals surface area contributed by atoms with Crippen molar-refractivity contribution in [2.24, 2.45) is 0 Å². The Hall–Kier alpha value is -1.37. The number of aromatic nitrogens is 1. The molecule has 0 aromatic carbocycles. The Morgan fingerprint density at radius 3 is 2.65 bits per heavy atom. The van der Waals surface area contributed by atoms with E-state index in [0.717, 1.165) is 6.20 Å². The van der Waals surface area contributed by atoms with E-state index in [1.807, 2.05) is 0 Å². The molecule has 1 aromatic rings. The summed E-state index contributed by atoms with van der Waals surface area (Å²) in [7, 11) is 0. The predicted molar refractivity (Wildman–Crippen MR) is 49.4 cm³/mol. The summed E-state index contributed by atoms with van der Waals surface area (Å²) in [5.74, 6) is -0.150. The summed E-state index contributed by atoms with van der Waals surface area (Å²) in [6.07, 6.45) is -2.05. The summed E-state index contributed by atoms with van der Waals surface area (Å²) in [4.78, 5) is 3.68. The van der Waals surface area contributed by atoms with Crippen LogP contribution in [0.1, 0.15) is 5.56 Å². The molecule has 0 spiro atoms. The second-order valence-corrected chi connectivity index (χ2v) is 3.73. The standard InChI is InChI=1S/C10H9F4NO2/c11-9(4-16-5-9)7-3-15-2-1-8(7)17-6-10(12,13)14/h1-3H,4-6H2. The highest BCUT2D eigenvalue weighted by Crippen LogP contribution is 2.38. The maximum absolute atomic E-state index is 14.0. The summed E-state index contributed by atoms with van der Waals surface area (Å²) in [5.41, 5.74) is -1.80. The van der Waals surface area contributed by atoms with Crippen molar-refractivity contribution in [1.82, 2.24) is 4.98 Å². The Morgan fingerprint density at radius 1 is 1.41 bits per heavy atom. The third-order valence-electron chi connectivity index (χ3n) is 2.32. The molecule has 1 aliphatic heterocycles. The van der Waals surface area contributed by atoms with E-state index in [0.29, 0.717) is 0 Å². The number of pyridine rings is 1. The van der Waals surface area contributed by atoms with E-state index in [9.17, 15) is 17.6 Å². The van der Waals surface area contributed by atoms with Crippen LogP contribution in [0.3, 0.4) is 0 Å². The minimum Gasteiger partial charge on any atom is -0.484 e. The number of alkyl halides is 4. The van der Waals surface area contributed by atoms with Crippen LogP contribution in [0.5, 0.6) is 5.75 Å². The SMILES string of the molecule is FC(F)(F)COc1ccncc1C1(F)COC1. The Bertz CT molecular complexity index is 404. The summed E-state index contributed by atoms with van der Waals surface area (Å²) in [6.45, 7) is -1.84. The van der Waals surface area contributed by atoms with Crippen LogP contribution < -0.4 is 4.74 Å². The van der Waals surface area contributed by atoms with Crippen molar-refractivity contribution in [3.63, 3.8) is 0 Å². The molecule has 1 aliphatic rings. The van der Waals surface area contributed by atoms with E-state index < -0.39 is 18.5 Å². The Balaban J connectivity index is 2.16. The number of hydrogen-bond acceptors (Lipinski definition) is 3. The van der Waals surface area contributed by atoms with Gasteiger partial charge in [0.1, 0.15) is 5.75 Å². The molecule has 3 nitrogen and oxygen atoms in total. The van der Waals surface area contributed by atoms with E-state index in [2.05, 4.69) is 9.72 Å². The van der Waals surface area contributed by atoms with Gasteiger partial charge in [-0.2, -0.15) is 13.2 Å². The molecule has 1 saturated heterocycles. The minimum atomic E-state index is -4.46. The molecule has 0 radical (unpaired) electrons. The first-order chi connectivity index (χ1) is 7.91. The second-order valence-electron chi connectivity index (χ2n) is 3.73. The molecular weight excluding hydrogens is 242 g/mol. The largest absolute Gasteiger partial charge is 0.484 e. The average molecular weight is 251 g/mol. The fraction of sp³-hybridized carbons (Fsp3) is 0.500. The van der Waals surface area contributed by atoms with Crippen LogP contribution >= 0.6 is 0 Å². The third kappa shape index (κ3) is 2.66.